The first-order valence-electron chi connectivity index (χ1n) is 3.58. The highest BCUT2D eigenvalue weighted by molar-refractivity contribution is 7.13. The summed E-state index contributed by atoms with van der Waals surface area (Å²) in [5.41, 5.74) is 6.09. The summed E-state index contributed by atoms with van der Waals surface area (Å²) < 4.78 is 12.5. The van der Waals surface area contributed by atoms with E-state index in [4.69, 9.17) is 5.73 Å². The first kappa shape index (κ1) is 8.12. The van der Waals surface area contributed by atoms with Gasteiger partial charge in [0.25, 0.3) is 0 Å². The summed E-state index contributed by atoms with van der Waals surface area (Å²) in [5.74, 6) is 0.111. The van der Waals surface area contributed by atoms with Crippen molar-refractivity contribution in [3.05, 3.63) is 29.5 Å². The molecule has 2 N–H and O–H groups in total. The van der Waals surface area contributed by atoms with Gasteiger partial charge in [0.15, 0.2) is 0 Å². The molecule has 66 valence electrons. The number of aromatic nitrogens is 2. The standard InChI is InChI=1S/C8H6FN3S/c9-5-1-2-6(11-3-5)8-12-7(10)4-13-8/h1-4H,10H2. The van der Waals surface area contributed by atoms with Crippen molar-refractivity contribution in [3.63, 3.8) is 0 Å². The smallest absolute Gasteiger partial charge is 0.144 e. The second-order valence-corrected chi connectivity index (χ2v) is 3.30. The first-order valence-corrected chi connectivity index (χ1v) is 4.46. The van der Waals surface area contributed by atoms with Crippen molar-refractivity contribution in [2.24, 2.45) is 0 Å². The Morgan fingerprint density at radius 1 is 1.38 bits per heavy atom. The molecule has 0 aliphatic heterocycles. The molecule has 0 atom stereocenters. The lowest BCUT2D eigenvalue weighted by atomic mass is 10.3. The quantitative estimate of drug-likeness (QED) is 0.756. The maximum absolute atomic E-state index is 12.5. The number of nitrogen functional groups attached to an aromatic ring is 1. The minimum absolute atomic E-state index is 0.353. The molecule has 0 unspecified atom stereocenters. The third kappa shape index (κ3) is 1.65. The Balaban J connectivity index is 2.41. The molecule has 5 heteroatoms. The average Bonchev–Trinajstić information content (AvgIpc) is 2.53. The molecule has 0 radical (unpaired) electrons. The Morgan fingerprint density at radius 3 is 2.77 bits per heavy atom. The second-order valence-electron chi connectivity index (χ2n) is 2.44. The lowest BCUT2D eigenvalue weighted by Crippen LogP contribution is -1.86. The molecule has 0 saturated heterocycles. The maximum atomic E-state index is 12.5. The summed E-state index contributed by atoms with van der Waals surface area (Å²) in [6.07, 6.45) is 1.16. The largest absolute Gasteiger partial charge is 0.383 e. The van der Waals surface area contributed by atoms with E-state index in [9.17, 15) is 4.39 Å². The highest BCUT2D eigenvalue weighted by Crippen LogP contribution is 2.22. The van der Waals surface area contributed by atoms with E-state index in [0.29, 0.717) is 16.5 Å². The van der Waals surface area contributed by atoms with Gasteiger partial charge in [-0.2, -0.15) is 0 Å². The summed E-state index contributed by atoms with van der Waals surface area (Å²) >= 11 is 1.39. The summed E-state index contributed by atoms with van der Waals surface area (Å²) in [5, 5.41) is 2.43. The molecule has 0 aromatic carbocycles. The van der Waals surface area contributed by atoms with Gasteiger partial charge in [0.1, 0.15) is 16.6 Å². The van der Waals surface area contributed by atoms with Crippen LogP contribution in [0.15, 0.2) is 23.7 Å². The molecule has 13 heavy (non-hydrogen) atoms. The van der Waals surface area contributed by atoms with Crippen molar-refractivity contribution in [1.82, 2.24) is 9.97 Å². The van der Waals surface area contributed by atoms with E-state index >= 15 is 0 Å². The summed E-state index contributed by atoms with van der Waals surface area (Å²) in [7, 11) is 0. The number of nitrogens with zero attached hydrogens (tertiary/aromatic N) is 2. The van der Waals surface area contributed by atoms with E-state index in [1.54, 1.807) is 11.4 Å². The number of thiazole rings is 1. The van der Waals surface area contributed by atoms with Crippen LogP contribution in [0.2, 0.25) is 0 Å². The third-order valence-corrected chi connectivity index (χ3v) is 2.35. The normalized spacial score (nSPS) is 10.2. The monoisotopic (exact) mass is 195 g/mol. The summed E-state index contributed by atoms with van der Waals surface area (Å²) in [4.78, 5) is 7.90. The van der Waals surface area contributed by atoms with Crippen LogP contribution in [0, 0.1) is 5.82 Å². The van der Waals surface area contributed by atoms with Gasteiger partial charge in [-0.3, -0.25) is 4.98 Å². The van der Waals surface area contributed by atoms with Crippen molar-refractivity contribution in [2.75, 3.05) is 5.73 Å². The van der Waals surface area contributed by atoms with Crippen LogP contribution >= 0.6 is 11.3 Å². The van der Waals surface area contributed by atoms with Gasteiger partial charge in [-0.05, 0) is 12.1 Å². The van der Waals surface area contributed by atoms with Crippen LogP contribution in [0.3, 0.4) is 0 Å². The second kappa shape index (κ2) is 3.10. The van der Waals surface area contributed by atoms with E-state index in [-0.39, 0.29) is 5.82 Å². The van der Waals surface area contributed by atoms with Gasteiger partial charge >= 0.3 is 0 Å². The molecule has 0 amide bonds. The lowest BCUT2D eigenvalue weighted by molar-refractivity contribution is 0.622. The SMILES string of the molecule is Nc1csc(-c2ccc(F)cn2)n1. The maximum Gasteiger partial charge on any atom is 0.144 e. The zero-order chi connectivity index (χ0) is 9.26. The first-order chi connectivity index (χ1) is 6.25. The number of pyridine rings is 1. The van der Waals surface area contributed by atoms with Crippen molar-refractivity contribution in [3.8, 4) is 10.7 Å². The molecule has 3 nitrogen and oxygen atoms in total. The van der Waals surface area contributed by atoms with Gasteiger partial charge in [0, 0.05) is 5.38 Å². The fourth-order valence-corrected chi connectivity index (χ4v) is 1.59. The zero-order valence-electron chi connectivity index (χ0n) is 6.57. The number of nitrogens with two attached hydrogens (primary N) is 1. The van der Waals surface area contributed by atoms with Crippen LogP contribution in [-0.4, -0.2) is 9.97 Å². The molecule has 0 spiro atoms. The fourth-order valence-electron chi connectivity index (χ4n) is 0.906. The van der Waals surface area contributed by atoms with E-state index in [2.05, 4.69) is 9.97 Å². The minimum Gasteiger partial charge on any atom is -0.383 e. The van der Waals surface area contributed by atoms with Gasteiger partial charge in [-0.15, -0.1) is 11.3 Å². The number of anilines is 1. The molecule has 0 fully saturated rings. The summed E-state index contributed by atoms with van der Waals surface area (Å²) in [6.45, 7) is 0. The van der Waals surface area contributed by atoms with Crippen molar-refractivity contribution >= 4 is 17.2 Å². The van der Waals surface area contributed by atoms with E-state index in [0.717, 1.165) is 6.20 Å². The topological polar surface area (TPSA) is 51.8 Å². The molecular formula is C8H6FN3S. The van der Waals surface area contributed by atoms with Gasteiger partial charge in [0.2, 0.25) is 0 Å². The Labute approximate surface area is 78.1 Å². The molecule has 2 aromatic heterocycles. The van der Waals surface area contributed by atoms with E-state index < -0.39 is 0 Å². The van der Waals surface area contributed by atoms with Crippen LogP contribution in [0.1, 0.15) is 0 Å². The predicted octanol–water partition coefficient (Wildman–Crippen LogP) is 1.93. The molecule has 0 aliphatic carbocycles. The highest BCUT2D eigenvalue weighted by Gasteiger charge is 2.03. The molecule has 0 bridgehead atoms. The predicted molar refractivity (Wildman–Crippen MR) is 49.7 cm³/mol. The molecule has 0 aliphatic rings. The fraction of sp³-hybridized carbons (Fsp3) is 0. The average molecular weight is 195 g/mol. The number of rotatable bonds is 1. The summed E-state index contributed by atoms with van der Waals surface area (Å²) in [6, 6.07) is 2.92. The Kier molecular flexibility index (Phi) is 1.94. The highest BCUT2D eigenvalue weighted by atomic mass is 32.1. The molecule has 2 rings (SSSR count). The van der Waals surface area contributed by atoms with E-state index in [1.807, 2.05) is 0 Å². The van der Waals surface area contributed by atoms with Crippen LogP contribution < -0.4 is 5.73 Å². The van der Waals surface area contributed by atoms with Crippen LogP contribution in [0.25, 0.3) is 10.7 Å². The van der Waals surface area contributed by atoms with Gasteiger partial charge in [-0.1, -0.05) is 0 Å². The van der Waals surface area contributed by atoms with Gasteiger partial charge in [-0.25, -0.2) is 9.37 Å². The third-order valence-electron chi connectivity index (χ3n) is 1.47. The van der Waals surface area contributed by atoms with Crippen LogP contribution in [0.5, 0.6) is 0 Å². The van der Waals surface area contributed by atoms with Gasteiger partial charge in [0.05, 0.1) is 11.9 Å². The zero-order valence-corrected chi connectivity index (χ0v) is 7.38. The van der Waals surface area contributed by atoms with Crippen LogP contribution in [0.4, 0.5) is 10.2 Å². The van der Waals surface area contributed by atoms with Crippen molar-refractivity contribution in [2.45, 2.75) is 0 Å². The van der Waals surface area contributed by atoms with Crippen LogP contribution in [-0.2, 0) is 0 Å². The van der Waals surface area contributed by atoms with Gasteiger partial charge < -0.3 is 5.73 Å². The Hall–Kier alpha value is -1.49. The van der Waals surface area contributed by atoms with E-state index in [1.165, 1.54) is 17.4 Å². The van der Waals surface area contributed by atoms with Crippen molar-refractivity contribution in [1.29, 1.82) is 0 Å². The minimum atomic E-state index is -0.353. The number of halogens is 1. The molecular weight excluding hydrogens is 189 g/mol. The number of hydrogen-bond acceptors (Lipinski definition) is 4. The lowest BCUT2D eigenvalue weighted by Gasteiger charge is -1.93. The van der Waals surface area contributed by atoms with Crippen molar-refractivity contribution < 1.29 is 4.39 Å². The Morgan fingerprint density at radius 2 is 2.23 bits per heavy atom. The molecule has 2 heterocycles. The molecule has 0 saturated carbocycles. The Bertz CT molecular complexity index is 410. The number of hydrogen-bond donors (Lipinski definition) is 1. The molecule has 2 aromatic rings.